The van der Waals surface area contributed by atoms with Crippen LogP contribution in [0.2, 0.25) is 0 Å². The molecule has 1 aromatic carbocycles. The van der Waals surface area contributed by atoms with E-state index in [1.807, 2.05) is 24.3 Å². The van der Waals surface area contributed by atoms with Crippen molar-refractivity contribution in [3.63, 3.8) is 0 Å². The molecule has 0 aromatic heterocycles. The standard InChI is InChI=1S/C13H17IN2O3/c1-2-19-8-12(17)16-11(13(15)18)7-9-5-3-4-6-10(9)14/h3-6,11H,2,7-8H2,1H3,(H2,15,18)(H,16,17)/t11-/m1/s1. The molecule has 1 atom stereocenters. The van der Waals surface area contributed by atoms with Gasteiger partial charge in [-0.2, -0.15) is 0 Å². The number of carbonyl (C=O) groups excluding carboxylic acids is 2. The van der Waals surface area contributed by atoms with Gasteiger partial charge in [0.1, 0.15) is 12.6 Å². The van der Waals surface area contributed by atoms with Crippen molar-refractivity contribution in [1.82, 2.24) is 5.32 Å². The maximum atomic E-state index is 11.5. The molecule has 0 aliphatic carbocycles. The molecule has 0 aliphatic heterocycles. The highest BCUT2D eigenvalue weighted by Crippen LogP contribution is 2.13. The van der Waals surface area contributed by atoms with Crippen LogP contribution in [0.15, 0.2) is 24.3 Å². The van der Waals surface area contributed by atoms with Gasteiger partial charge >= 0.3 is 0 Å². The molecular weight excluding hydrogens is 359 g/mol. The smallest absolute Gasteiger partial charge is 0.246 e. The maximum Gasteiger partial charge on any atom is 0.246 e. The average Bonchev–Trinajstić information content (AvgIpc) is 2.38. The van der Waals surface area contributed by atoms with Crippen molar-refractivity contribution in [2.45, 2.75) is 19.4 Å². The third-order valence-corrected chi connectivity index (χ3v) is 3.55. The van der Waals surface area contributed by atoms with Gasteiger partial charge in [0, 0.05) is 16.6 Å². The van der Waals surface area contributed by atoms with Gasteiger partial charge in [-0.3, -0.25) is 9.59 Å². The fourth-order valence-corrected chi connectivity index (χ4v) is 2.14. The number of nitrogens with two attached hydrogens (primary N) is 1. The van der Waals surface area contributed by atoms with E-state index in [9.17, 15) is 9.59 Å². The Morgan fingerprint density at radius 3 is 2.68 bits per heavy atom. The first-order valence-electron chi connectivity index (χ1n) is 5.94. The molecule has 1 rings (SSSR count). The zero-order valence-corrected chi connectivity index (χ0v) is 12.8. The summed E-state index contributed by atoms with van der Waals surface area (Å²) in [5.74, 6) is -0.888. The average molecular weight is 376 g/mol. The summed E-state index contributed by atoms with van der Waals surface area (Å²) in [6.45, 7) is 2.18. The second-order valence-corrected chi connectivity index (χ2v) is 5.12. The fraction of sp³-hybridized carbons (Fsp3) is 0.385. The number of halogens is 1. The summed E-state index contributed by atoms with van der Waals surface area (Å²) in [4.78, 5) is 22.9. The van der Waals surface area contributed by atoms with Crippen molar-refractivity contribution in [2.75, 3.05) is 13.2 Å². The lowest BCUT2D eigenvalue weighted by molar-refractivity contribution is -0.130. The number of nitrogens with one attached hydrogen (secondary N) is 1. The number of hydrogen-bond donors (Lipinski definition) is 2. The van der Waals surface area contributed by atoms with E-state index in [1.165, 1.54) is 0 Å². The molecule has 2 amide bonds. The second-order valence-electron chi connectivity index (χ2n) is 3.96. The predicted octanol–water partition coefficient (Wildman–Crippen LogP) is 0.840. The predicted molar refractivity (Wildman–Crippen MR) is 80.5 cm³/mol. The number of hydrogen-bond acceptors (Lipinski definition) is 3. The first-order chi connectivity index (χ1) is 9.04. The Balaban J connectivity index is 2.66. The number of carbonyl (C=O) groups is 2. The molecule has 19 heavy (non-hydrogen) atoms. The van der Waals surface area contributed by atoms with E-state index in [2.05, 4.69) is 27.9 Å². The van der Waals surface area contributed by atoms with Gasteiger partial charge in [-0.25, -0.2) is 0 Å². The molecule has 0 saturated carbocycles. The number of amides is 2. The third-order valence-electron chi connectivity index (χ3n) is 2.50. The number of primary amides is 1. The molecule has 0 saturated heterocycles. The fourth-order valence-electron chi connectivity index (χ4n) is 1.54. The van der Waals surface area contributed by atoms with Crippen molar-refractivity contribution >= 4 is 34.4 Å². The van der Waals surface area contributed by atoms with Crippen LogP contribution >= 0.6 is 22.6 Å². The molecule has 0 bridgehead atoms. The molecule has 5 nitrogen and oxygen atoms in total. The Labute approximate surface area is 126 Å². The molecule has 0 aliphatic rings. The minimum Gasteiger partial charge on any atom is -0.372 e. The molecular formula is C13H17IN2O3. The highest BCUT2D eigenvalue weighted by atomic mass is 127. The van der Waals surface area contributed by atoms with Crippen LogP contribution in [0.3, 0.4) is 0 Å². The van der Waals surface area contributed by atoms with Gasteiger partial charge in [-0.15, -0.1) is 0 Å². The first-order valence-corrected chi connectivity index (χ1v) is 7.02. The highest BCUT2D eigenvalue weighted by Gasteiger charge is 2.19. The van der Waals surface area contributed by atoms with E-state index in [0.717, 1.165) is 9.13 Å². The minimum absolute atomic E-state index is 0.0633. The van der Waals surface area contributed by atoms with Gasteiger partial charge in [-0.05, 0) is 41.1 Å². The van der Waals surface area contributed by atoms with Gasteiger partial charge < -0.3 is 15.8 Å². The maximum absolute atomic E-state index is 11.5. The summed E-state index contributed by atoms with van der Waals surface area (Å²) >= 11 is 2.18. The Morgan fingerprint density at radius 2 is 2.11 bits per heavy atom. The summed E-state index contributed by atoms with van der Waals surface area (Å²) in [7, 11) is 0. The molecule has 3 N–H and O–H groups in total. The number of benzene rings is 1. The van der Waals surface area contributed by atoms with Crippen molar-refractivity contribution in [3.05, 3.63) is 33.4 Å². The van der Waals surface area contributed by atoms with E-state index >= 15 is 0 Å². The number of rotatable bonds is 7. The topological polar surface area (TPSA) is 81.4 Å². The largest absolute Gasteiger partial charge is 0.372 e. The lowest BCUT2D eigenvalue weighted by atomic mass is 10.1. The zero-order chi connectivity index (χ0) is 14.3. The van der Waals surface area contributed by atoms with Crippen LogP contribution in [0.1, 0.15) is 12.5 Å². The summed E-state index contributed by atoms with van der Waals surface area (Å²) < 4.78 is 6.02. The monoisotopic (exact) mass is 376 g/mol. The highest BCUT2D eigenvalue weighted by molar-refractivity contribution is 14.1. The molecule has 0 spiro atoms. The van der Waals surface area contributed by atoms with Gasteiger partial charge in [0.25, 0.3) is 0 Å². The summed E-state index contributed by atoms with van der Waals surface area (Å²) in [6, 6.07) is 6.93. The molecule has 0 radical (unpaired) electrons. The molecule has 6 heteroatoms. The van der Waals surface area contributed by atoms with Gasteiger partial charge in [0.05, 0.1) is 0 Å². The normalized spacial score (nSPS) is 11.9. The van der Waals surface area contributed by atoms with E-state index < -0.39 is 11.9 Å². The van der Waals surface area contributed by atoms with E-state index in [0.29, 0.717) is 13.0 Å². The summed E-state index contributed by atoms with van der Waals surface area (Å²) in [5.41, 5.74) is 6.29. The van der Waals surface area contributed by atoms with Crippen molar-refractivity contribution in [1.29, 1.82) is 0 Å². The van der Waals surface area contributed by atoms with Crippen molar-refractivity contribution in [2.24, 2.45) is 5.73 Å². The van der Waals surface area contributed by atoms with Crippen LogP contribution in [0.5, 0.6) is 0 Å². The second kappa shape index (κ2) is 8.11. The quantitative estimate of drug-likeness (QED) is 0.692. The van der Waals surface area contributed by atoms with Crippen LogP contribution in [0, 0.1) is 3.57 Å². The van der Waals surface area contributed by atoms with Crippen molar-refractivity contribution in [3.8, 4) is 0 Å². The Kier molecular flexibility index (Phi) is 6.79. The van der Waals surface area contributed by atoms with Crippen LogP contribution in [-0.4, -0.2) is 31.1 Å². The number of ether oxygens (including phenoxy) is 1. The molecule has 0 fully saturated rings. The third kappa shape index (κ3) is 5.56. The van der Waals surface area contributed by atoms with Crippen LogP contribution < -0.4 is 11.1 Å². The zero-order valence-electron chi connectivity index (χ0n) is 10.7. The van der Waals surface area contributed by atoms with Gasteiger partial charge in [0.15, 0.2) is 0 Å². The lowest BCUT2D eigenvalue weighted by Gasteiger charge is -2.16. The first kappa shape index (κ1) is 15.9. The SMILES string of the molecule is CCOCC(=O)N[C@H](Cc1ccccc1I)C(N)=O. The minimum atomic E-state index is -0.719. The van der Waals surface area contributed by atoms with Gasteiger partial charge in [-0.1, -0.05) is 18.2 Å². The van der Waals surface area contributed by atoms with Crippen LogP contribution in [0.4, 0.5) is 0 Å². The molecule has 1 aromatic rings. The molecule has 0 heterocycles. The Hall–Kier alpha value is -1.15. The van der Waals surface area contributed by atoms with Crippen LogP contribution in [-0.2, 0) is 20.7 Å². The van der Waals surface area contributed by atoms with E-state index in [-0.39, 0.29) is 12.5 Å². The van der Waals surface area contributed by atoms with E-state index in [1.54, 1.807) is 6.92 Å². The van der Waals surface area contributed by atoms with Gasteiger partial charge in [0.2, 0.25) is 11.8 Å². The van der Waals surface area contributed by atoms with E-state index in [4.69, 9.17) is 10.5 Å². The summed E-state index contributed by atoms with van der Waals surface area (Å²) in [5, 5.41) is 2.59. The Morgan fingerprint density at radius 1 is 1.42 bits per heavy atom. The molecule has 0 unspecified atom stereocenters. The summed E-state index contributed by atoms with van der Waals surface area (Å²) in [6.07, 6.45) is 0.381. The lowest BCUT2D eigenvalue weighted by Crippen LogP contribution is -2.47. The molecule has 104 valence electrons. The van der Waals surface area contributed by atoms with Crippen molar-refractivity contribution < 1.29 is 14.3 Å². The Bertz CT molecular complexity index is 451. The van der Waals surface area contributed by atoms with Crippen LogP contribution in [0.25, 0.3) is 0 Å².